The normalized spacial score (nSPS) is 17.2. The molecule has 3 aromatic rings. The zero-order chi connectivity index (χ0) is 21.0. The van der Waals surface area contributed by atoms with Crippen LogP contribution < -0.4 is 20.7 Å². The van der Waals surface area contributed by atoms with Gasteiger partial charge in [-0.05, 0) is 50.1 Å². The molecule has 1 fully saturated rings. The minimum atomic E-state index is -3.48. The highest BCUT2D eigenvalue weighted by Gasteiger charge is 2.16. The van der Waals surface area contributed by atoms with E-state index in [1.54, 1.807) is 41.2 Å². The summed E-state index contributed by atoms with van der Waals surface area (Å²) in [5.74, 6) is 0.764. The molecule has 1 aromatic carbocycles. The lowest BCUT2D eigenvalue weighted by atomic mass is 10.1. The maximum absolute atomic E-state index is 12.3. The lowest BCUT2D eigenvalue weighted by Crippen LogP contribution is -2.38. The van der Waals surface area contributed by atoms with E-state index in [1.165, 1.54) is 0 Å². The maximum Gasteiger partial charge on any atom is 0.240 e. The van der Waals surface area contributed by atoms with Gasteiger partial charge in [0.2, 0.25) is 10.0 Å². The quantitative estimate of drug-likeness (QED) is 0.435. The topological polar surface area (TPSA) is 112 Å². The van der Waals surface area contributed by atoms with Gasteiger partial charge in [0.1, 0.15) is 5.82 Å². The predicted octanol–water partition coefficient (Wildman–Crippen LogP) is 2.33. The molecule has 0 aliphatic carbocycles. The molecule has 3 heterocycles. The maximum atomic E-state index is 12.3. The van der Waals surface area contributed by atoms with Gasteiger partial charge in [-0.1, -0.05) is 6.92 Å². The molecule has 4 N–H and O–H groups in total. The van der Waals surface area contributed by atoms with E-state index in [2.05, 4.69) is 30.8 Å². The zero-order valence-electron chi connectivity index (χ0n) is 16.9. The fourth-order valence-electron chi connectivity index (χ4n) is 3.46. The van der Waals surface area contributed by atoms with Crippen LogP contribution in [0.2, 0.25) is 0 Å². The van der Waals surface area contributed by atoms with Gasteiger partial charge >= 0.3 is 0 Å². The molecule has 10 heteroatoms. The van der Waals surface area contributed by atoms with E-state index < -0.39 is 10.0 Å². The van der Waals surface area contributed by atoms with E-state index in [4.69, 9.17) is 0 Å². The van der Waals surface area contributed by atoms with Crippen molar-refractivity contribution in [2.24, 2.45) is 0 Å². The number of piperidine rings is 1. The average Bonchev–Trinajstić information content (AvgIpc) is 3.22. The zero-order valence-corrected chi connectivity index (χ0v) is 17.7. The first-order chi connectivity index (χ1) is 14.5. The summed E-state index contributed by atoms with van der Waals surface area (Å²) in [6.45, 7) is 4.31. The Bertz CT molecular complexity index is 1090. The van der Waals surface area contributed by atoms with Crippen LogP contribution in [0.15, 0.2) is 47.6 Å². The molecule has 1 atom stereocenters. The number of rotatable bonds is 8. The highest BCUT2D eigenvalue weighted by atomic mass is 32.2. The Hall–Kier alpha value is -2.69. The van der Waals surface area contributed by atoms with Gasteiger partial charge in [0, 0.05) is 43.3 Å². The number of fused-ring (bicyclic) bond motifs is 1. The molecular weight excluding hydrogens is 402 g/mol. The van der Waals surface area contributed by atoms with E-state index in [0.717, 1.165) is 49.5 Å². The average molecular weight is 430 g/mol. The third kappa shape index (κ3) is 4.72. The molecule has 30 heavy (non-hydrogen) atoms. The van der Waals surface area contributed by atoms with E-state index in [-0.39, 0.29) is 4.90 Å². The van der Waals surface area contributed by atoms with Crippen molar-refractivity contribution < 1.29 is 8.42 Å². The summed E-state index contributed by atoms with van der Waals surface area (Å²) in [6.07, 6.45) is 6.49. The van der Waals surface area contributed by atoms with Gasteiger partial charge in [0.05, 0.1) is 10.6 Å². The van der Waals surface area contributed by atoms with Gasteiger partial charge in [-0.3, -0.25) is 0 Å². The predicted molar refractivity (Wildman–Crippen MR) is 118 cm³/mol. The van der Waals surface area contributed by atoms with Gasteiger partial charge in [0.25, 0.3) is 0 Å². The highest BCUT2D eigenvalue weighted by molar-refractivity contribution is 7.89. The van der Waals surface area contributed by atoms with Gasteiger partial charge < -0.3 is 16.0 Å². The molecule has 160 valence electrons. The van der Waals surface area contributed by atoms with Crippen molar-refractivity contribution in [3.63, 3.8) is 0 Å². The lowest BCUT2D eigenvalue weighted by molar-refractivity contribution is 0.478. The van der Waals surface area contributed by atoms with Crippen LogP contribution in [-0.2, 0) is 10.0 Å². The lowest BCUT2D eigenvalue weighted by Gasteiger charge is -2.24. The van der Waals surface area contributed by atoms with Crippen molar-refractivity contribution in [2.45, 2.75) is 37.1 Å². The van der Waals surface area contributed by atoms with Crippen molar-refractivity contribution in [3.05, 3.63) is 42.7 Å². The first kappa shape index (κ1) is 20.6. The molecule has 1 saturated heterocycles. The standard InChI is InChI=1S/C20H27N7O2S/c1-2-9-23-30(28,29)17-7-5-15(6-8-17)24-18-13-19(25-16-4-3-10-21-14-16)26-27-12-11-22-20(18)27/h5-8,11-13,16,21,23-24H,2-4,9-10,14H2,1H3,(H,25,26)/t16-/m0/s1. The molecule has 0 amide bonds. The summed E-state index contributed by atoms with van der Waals surface area (Å²) >= 11 is 0. The first-order valence-corrected chi connectivity index (χ1v) is 11.7. The number of benzene rings is 1. The second-order valence-electron chi connectivity index (χ2n) is 7.37. The van der Waals surface area contributed by atoms with Crippen LogP contribution in [0, 0.1) is 0 Å². The molecule has 0 spiro atoms. The highest BCUT2D eigenvalue weighted by Crippen LogP contribution is 2.25. The number of sulfonamides is 1. The van der Waals surface area contributed by atoms with Crippen LogP contribution in [0.1, 0.15) is 26.2 Å². The third-order valence-corrected chi connectivity index (χ3v) is 6.47. The summed E-state index contributed by atoms with van der Waals surface area (Å²) in [6, 6.07) is 8.95. The van der Waals surface area contributed by atoms with Crippen LogP contribution in [0.5, 0.6) is 0 Å². The molecule has 0 bridgehead atoms. The van der Waals surface area contributed by atoms with Crippen LogP contribution in [0.4, 0.5) is 17.2 Å². The Morgan fingerprint density at radius 2 is 2.10 bits per heavy atom. The third-order valence-electron chi connectivity index (χ3n) is 4.99. The fraction of sp³-hybridized carbons (Fsp3) is 0.400. The molecular formula is C20H27N7O2S. The van der Waals surface area contributed by atoms with Gasteiger partial charge in [-0.2, -0.15) is 0 Å². The van der Waals surface area contributed by atoms with Crippen molar-refractivity contribution in [1.29, 1.82) is 0 Å². The number of imidazole rings is 1. The van der Waals surface area contributed by atoms with Crippen LogP contribution in [-0.4, -0.2) is 48.7 Å². The molecule has 2 aromatic heterocycles. The van der Waals surface area contributed by atoms with E-state index in [1.807, 2.05) is 13.0 Å². The van der Waals surface area contributed by atoms with Crippen molar-refractivity contribution in [3.8, 4) is 0 Å². The molecule has 9 nitrogen and oxygen atoms in total. The molecule has 1 aliphatic rings. The molecule has 1 aliphatic heterocycles. The Balaban J connectivity index is 1.55. The summed E-state index contributed by atoms with van der Waals surface area (Å²) in [5.41, 5.74) is 2.26. The molecule has 0 radical (unpaired) electrons. The Morgan fingerprint density at radius 1 is 1.27 bits per heavy atom. The number of aromatic nitrogens is 3. The SMILES string of the molecule is CCCNS(=O)(=O)c1ccc(Nc2cc(N[C@H]3CCCNC3)nn3ccnc23)cc1. The molecule has 0 unspecified atom stereocenters. The largest absolute Gasteiger partial charge is 0.365 e. The summed E-state index contributed by atoms with van der Waals surface area (Å²) < 4.78 is 28.8. The van der Waals surface area contributed by atoms with Crippen LogP contribution in [0.25, 0.3) is 5.65 Å². The Morgan fingerprint density at radius 3 is 2.83 bits per heavy atom. The number of anilines is 3. The smallest absolute Gasteiger partial charge is 0.240 e. The number of hydrogen-bond acceptors (Lipinski definition) is 7. The van der Waals surface area contributed by atoms with Gasteiger partial charge in [0.15, 0.2) is 5.65 Å². The number of nitrogens with zero attached hydrogens (tertiary/aromatic N) is 3. The minimum Gasteiger partial charge on any atom is -0.365 e. The number of nitrogens with one attached hydrogen (secondary N) is 4. The Labute approximate surface area is 176 Å². The summed E-state index contributed by atoms with van der Waals surface area (Å²) in [4.78, 5) is 4.63. The Kier molecular flexibility index (Phi) is 6.16. The fourth-order valence-corrected chi connectivity index (χ4v) is 4.59. The second-order valence-corrected chi connectivity index (χ2v) is 9.14. The first-order valence-electron chi connectivity index (χ1n) is 10.2. The van der Waals surface area contributed by atoms with Crippen molar-refractivity contribution in [1.82, 2.24) is 24.6 Å². The summed E-state index contributed by atoms with van der Waals surface area (Å²) in [5, 5.41) is 14.8. The minimum absolute atomic E-state index is 0.245. The number of hydrogen-bond donors (Lipinski definition) is 4. The molecule has 0 saturated carbocycles. The van der Waals surface area contributed by atoms with Crippen molar-refractivity contribution >= 4 is 32.9 Å². The van der Waals surface area contributed by atoms with Gasteiger partial charge in [-0.15, -0.1) is 5.10 Å². The van der Waals surface area contributed by atoms with Crippen molar-refractivity contribution in [2.75, 3.05) is 30.3 Å². The van der Waals surface area contributed by atoms with E-state index >= 15 is 0 Å². The second kappa shape index (κ2) is 8.99. The van der Waals surface area contributed by atoms with Crippen LogP contribution in [0.3, 0.4) is 0 Å². The van der Waals surface area contributed by atoms with Gasteiger partial charge in [-0.25, -0.2) is 22.6 Å². The monoisotopic (exact) mass is 429 g/mol. The molecule has 4 rings (SSSR count). The van der Waals surface area contributed by atoms with E-state index in [9.17, 15) is 8.42 Å². The van der Waals surface area contributed by atoms with Crippen LogP contribution >= 0.6 is 0 Å². The van der Waals surface area contributed by atoms with E-state index in [0.29, 0.717) is 18.2 Å². The summed E-state index contributed by atoms with van der Waals surface area (Å²) in [7, 11) is -3.48.